The van der Waals surface area contributed by atoms with Gasteiger partial charge in [-0.1, -0.05) is 11.6 Å². The molecule has 0 unspecified atom stereocenters. The second-order valence-electron chi connectivity index (χ2n) is 3.65. The lowest BCUT2D eigenvalue weighted by molar-refractivity contribution is 0.0949. The fourth-order valence-electron chi connectivity index (χ4n) is 1.45. The van der Waals surface area contributed by atoms with Gasteiger partial charge in [0, 0.05) is 13.0 Å². The van der Waals surface area contributed by atoms with Crippen molar-refractivity contribution in [2.45, 2.75) is 6.42 Å². The molecule has 2 aromatic rings. The predicted molar refractivity (Wildman–Crippen MR) is 68.4 cm³/mol. The van der Waals surface area contributed by atoms with Gasteiger partial charge in [-0.25, -0.2) is 4.98 Å². The molecule has 6 heteroatoms. The lowest BCUT2D eigenvalue weighted by Gasteiger charge is -2.05. The number of pyridine rings is 1. The molecule has 0 saturated carbocycles. The summed E-state index contributed by atoms with van der Waals surface area (Å²) in [5, 5.41) is 2.98. The maximum atomic E-state index is 11.8. The first-order chi connectivity index (χ1) is 8.66. The van der Waals surface area contributed by atoms with E-state index < -0.39 is 0 Å². The third-order valence-corrected chi connectivity index (χ3v) is 2.62. The van der Waals surface area contributed by atoms with E-state index in [0.29, 0.717) is 13.0 Å². The molecule has 0 fully saturated rings. The summed E-state index contributed by atoms with van der Waals surface area (Å²) in [6.45, 7) is 0.444. The van der Waals surface area contributed by atoms with E-state index in [2.05, 4.69) is 10.3 Å². The van der Waals surface area contributed by atoms with Crippen molar-refractivity contribution in [1.82, 2.24) is 10.3 Å². The van der Waals surface area contributed by atoms with Crippen molar-refractivity contribution in [3.63, 3.8) is 0 Å². The van der Waals surface area contributed by atoms with E-state index in [9.17, 15) is 4.79 Å². The lowest BCUT2D eigenvalue weighted by atomic mass is 10.3. The largest absolute Gasteiger partial charge is 0.469 e. The standard InChI is InChI=1S/C12H12ClN3O2/c13-9-3-4-10(14)16-11(9)12(17)15-6-5-8-2-1-7-18-8/h1-4,7H,5-6H2,(H2,14,16)(H,15,17). The molecule has 0 spiro atoms. The Morgan fingerprint density at radius 2 is 2.28 bits per heavy atom. The summed E-state index contributed by atoms with van der Waals surface area (Å²) in [6, 6.07) is 6.73. The van der Waals surface area contributed by atoms with Gasteiger partial charge in [-0.2, -0.15) is 0 Å². The Hall–Kier alpha value is -2.01. The van der Waals surface area contributed by atoms with Crippen LogP contribution < -0.4 is 11.1 Å². The minimum absolute atomic E-state index is 0.135. The predicted octanol–water partition coefficient (Wildman–Crippen LogP) is 1.88. The molecule has 0 aliphatic heterocycles. The summed E-state index contributed by atoms with van der Waals surface area (Å²) in [5.74, 6) is 0.719. The van der Waals surface area contributed by atoms with Crippen LogP contribution in [0.2, 0.25) is 5.02 Å². The number of carbonyl (C=O) groups is 1. The highest BCUT2D eigenvalue weighted by molar-refractivity contribution is 6.33. The van der Waals surface area contributed by atoms with E-state index in [1.54, 1.807) is 24.5 Å². The maximum absolute atomic E-state index is 11.8. The van der Waals surface area contributed by atoms with Gasteiger partial charge in [0.1, 0.15) is 17.3 Å². The SMILES string of the molecule is Nc1ccc(Cl)c(C(=O)NCCc2ccco2)n1. The average molecular weight is 266 g/mol. The molecular weight excluding hydrogens is 254 g/mol. The Morgan fingerprint density at radius 3 is 3.00 bits per heavy atom. The Kier molecular flexibility index (Phi) is 3.84. The van der Waals surface area contributed by atoms with Crippen molar-refractivity contribution in [2.24, 2.45) is 0 Å². The summed E-state index contributed by atoms with van der Waals surface area (Å²) in [7, 11) is 0. The number of hydrogen-bond acceptors (Lipinski definition) is 4. The van der Waals surface area contributed by atoms with Crippen molar-refractivity contribution in [3.05, 3.63) is 47.0 Å². The van der Waals surface area contributed by atoms with Gasteiger partial charge < -0.3 is 15.5 Å². The van der Waals surface area contributed by atoms with Crippen LogP contribution in [0.15, 0.2) is 34.9 Å². The van der Waals surface area contributed by atoms with Crippen LogP contribution in [-0.4, -0.2) is 17.4 Å². The minimum Gasteiger partial charge on any atom is -0.469 e. The maximum Gasteiger partial charge on any atom is 0.271 e. The average Bonchev–Trinajstić information content (AvgIpc) is 2.85. The molecule has 0 saturated heterocycles. The summed E-state index contributed by atoms with van der Waals surface area (Å²) >= 11 is 5.87. The zero-order valence-electron chi connectivity index (χ0n) is 9.52. The van der Waals surface area contributed by atoms with Crippen LogP contribution in [0.1, 0.15) is 16.2 Å². The monoisotopic (exact) mass is 265 g/mol. The van der Waals surface area contributed by atoms with E-state index in [0.717, 1.165) is 5.76 Å². The topological polar surface area (TPSA) is 81.2 Å². The van der Waals surface area contributed by atoms with Crippen LogP contribution in [0.25, 0.3) is 0 Å². The smallest absolute Gasteiger partial charge is 0.271 e. The fourth-order valence-corrected chi connectivity index (χ4v) is 1.65. The second-order valence-corrected chi connectivity index (χ2v) is 4.06. The lowest BCUT2D eigenvalue weighted by Crippen LogP contribution is -2.27. The number of hydrogen-bond donors (Lipinski definition) is 2. The third-order valence-electron chi connectivity index (χ3n) is 2.32. The van der Waals surface area contributed by atoms with Crippen LogP contribution >= 0.6 is 11.6 Å². The van der Waals surface area contributed by atoms with Crippen LogP contribution in [0.3, 0.4) is 0 Å². The van der Waals surface area contributed by atoms with Gasteiger partial charge in [-0.3, -0.25) is 4.79 Å². The van der Waals surface area contributed by atoms with E-state index in [-0.39, 0.29) is 22.4 Å². The molecule has 0 bridgehead atoms. The van der Waals surface area contributed by atoms with Gasteiger partial charge in [0.25, 0.3) is 5.91 Å². The first-order valence-corrected chi connectivity index (χ1v) is 5.77. The van der Waals surface area contributed by atoms with Crippen LogP contribution in [0, 0.1) is 0 Å². The Morgan fingerprint density at radius 1 is 1.44 bits per heavy atom. The van der Waals surface area contributed by atoms with Crippen molar-refractivity contribution >= 4 is 23.3 Å². The summed E-state index contributed by atoms with van der Waals surface area (Å²) < 4.78 is 5.15. The number of amides is 1. The van der Waals surface area contributed by atoms with Crippen LogP contribution in [0.4, 0.5) is 5.82 Å². The summed E-state index contributed by atoms with van der Waals surface area (Å²) in [4.78, 5) is 15.7. The van der Waals surface area contributed by atoms with Crippen LogP contribution in [-0.2, 0) is 6.42 Å². The van der Waals surface area contributed by atoms with Gasteiger partial charge >= 0.3 is 0 Å². The number of rotatable bonds is 4. The number of nitrogens with zero attached hydrogens (tertiary/aromatic N) is 1. The quantitative estimate of drug-likeness (QED) is 0.884. The summed E-state index contributed by atoms with van der Waals surface area (Å²) in [6.07, 6.45) is 2.20. The van der Waals surface area contributed by atoms with Crippen molar-refractivity contribution < 1.29 is 9.21 Å². The highest BCUT2D eigenvalue weighted by atomic mass is 35.5. The van der Waals surface area contributed by atoms with E-state index in [4.69, 9.17) is 21.8 Å². The zero-order chi connectivity index (χ0) is 13.0. The van der Waals surface area contributed by atoms with Crippen molar-refractivity contribution in [2.75, 3.05) is 12.3 Å². The van der Waals surface area contributed by atoms with E-state index >= 15 is 0 Å². The number of furan rings is 1. The zero-order valence-corrected chi connectivity index (χ0v) is 10.3. The third kappa shape index (κ3) is 3.01. The molecule has 2 aromatic heterocycles. The van der Waals surface area contributed by atoms with Gasteiger partial charge in [0.05, 0.1) is 11.3 Å². The number of aromatic nitrogens is 1. The minimum atomic E-state index is -0.348. The highest BCUT2D eigenvalue weighted by Crippen LogP contribution is 2.14. The van der Waals surface area contributed by atoms with E-state index in [1.165, 1.54) is 0 Å². The fraction of sp³-hybridized carbons (Fsp3) is 0.167. The molecule has 94 valence electrons. The number of halogens is 1. The van der Waals surface area contributed by atoms with Crippen molar-refractivity contribution in [3.8, 4) is 0 Å². The number of carbonyl (C=O) groups excluding carboxylic acids is 1. The number of nitrogen functional groups attached to an aromatic ring is 1. The van der Waals surface area contributed by atoms with Gasteiger partial charge in [-0.05, 0) is 24.3 Å². The first-order valence-electron chi connectivity index (χ1n) is 5.39. The summed E-state index contributed by atoms with van der Waals surface area (Å²) in [5.41, 5.74) is 5.64. The molecule has 2 rings (SSSR count). The normalized spacial score (nSPS) is 10.3. The number of nitrogens with two attached hydrogens (primary N) is 1. The molecule has 1 amide bonds. The van der Waals surface area contributed by atoms with Gasteiger partial charge in [-0.15, -0.1) is 0 Å². The number of anilines is 1. The second kappa shape index (κ2) is 5.55. The van der Waals surface area contributed by atoms with E-state index in [1.807, 2.05) is 6.07 Å². The molecule has 2 heterocycles. The Labute approximate surface area is 109 Å². The molecule has 0 radical (unpaired) electrons. The van der Waals surface area contributed by atoms with Gasteiger partial charge in [0.2, 0.25) is 0 Å². The molecule has 0 atom stereocenters. The Bertz CT molecular complexity index is 540. The first kappa shape index (κ1) is 12.4. The molecule has 5 nitrogen and oxygen atoms in total. The number of nitrogens with one attached hydrogen (secondary N) is 1. The molecule has 0 aromatic carbocycles. The Balaban J connectivity index is 1.93. The van der Waals surface area contributed by atoms with Crippen molar-refractivity contribution in [1.29, 1.82) is 0 Å². The van der Waals surface area contributed by atoms with Crippen LogP contribution in [0.5, 0.6) is 0 Å². The molecular formula is C12H12ClN3O2. The molecule has 0 aliphatic carbocycles. The molecule has 0 aliphatic rings. The molecule has 3 N–H and O–H groups in total. The molecule has 18 heavy (non-hydrogen) atoms. The van der Waals surface area contributed by atoms with Gasteiger partial charge in [0.15, 0.2) is 0 Å². The highest BCUT2D eigenvalue weighted by Gasteiger charge is 2.12.